The predicted octanol–water partition coefficient (Wildman–Crippen LogP) is 5.05. The molecule has 11 heteroatoms. The van der Waals surface area contributed by atoms with Crippen LogP contribution in [0.25, 0.3) is 0 Å². The van der Waals surface area contributed by atoms with Crippen molar-refractivity contribution in [3.63, 3.8) is 0 Å². The van der Waals surface area contributed by atoms with Crippen LogP contribution in [0.5, 0.6) is 0 Å². The minimum Gasteiger partial charge on any atom is -0.375 e. The van der Waals surface area contributed by atoms with Crippen LogP contribution in [0.3, 0.4) is 0 Å². The number of amides is 2. The highest BCUT2D eigenvalue weighted by molar-refractivity contribution is 5.92. The summed E-state index contributed by atoms with van der Waals surface area (Å²) in [6.45, 7) is 6.36. The number of urea groups is 1. The van der Waals surface area contributed by atoms with E-state index in [1.54, 1.807) is 36.7 Å². The van der Waals surface area contributed by atoms with Gasteiger partial charge in [0.25, 0.3) is 5.92 Å². The zero-order chi connectivity index (χ0) is 28.0. The molecule has 0 bridgehead atoms. The van der Waals surface area contributed by atoms with Crippen molar-refractivity contribution >= 4 is 29.4 Å². The number of likely N-dealkylation sites (tertiary alicyclic amines) is 1. The highest BCUT2D eigenvalue weighted by atomic mass is 19.3. The summed E-state index contributed by atoms with van der Waals surface area (Å²) in [5, 5.41) is 16.7. The van der Waals surface area contributed by atoms with E-state index in [1.165, 1.54) is 12.3 Å². The number of benzene rings is 1. The Labute approximate surface area is 226 Å². The summed E-state index contributed by atoms with van der Waals surface area (Å²) in [6, 6.07) is 11.0. The average molecular weight is 538 g/mol. The van der Waals surface area contributed by atoms with Gasteiger partial charge in [-0.3, -0.25) is 15.2 Å². The molecule has 2 amide bonds. The smallest absolute Gasteiger partial charge is 0.320 e. The zero-order valence-electron chi connectivity index (χ0n) is 22.2. The molecule has 1 aromatic carbocycles. The van der Waals surface area contributed by atoms with Crippen molar-refractivity contribution in [3.05, 3.63) is 77.2 Å². The number of alkyl halides is 2. The predicted molar refractivity (Wildman–Crippen MR) is 147 cm³/mol. The molecule has 0 radical (unpaired) electrons. The van der Waals surface area contributed by atoms with E-state index in [2.05, 4.69) is 25.9 Å². The number of nitrogens with zero attached hydrogens (tertiary/aromatic N) is 3. The number of hydrogen-bond donors (Lipinski definition) is 4. The molecule has 3 aromatic rings. The summed E-state index contributed by atoms with van der Waals surface area (Å²) in [6.07, 6.45) is 4.12. The van der Waals surface area contributed by atoms with E-state index in [0.29, 0.717) is 43.1 Å². The van der Waals surface area contributed by atoms with E-state index in [-0.39, 0.29) is 23.5 Å². The van der Waals surface area contributed by atoms with Crippen molar-refractivity contribution in [1.29, 1.82) is 5.41 Å². The Hall–Kier alpha value is -3.96. The van der Waals surface area contributed by atoms with Gasteiger partial charge in [-0.15, -0.1) is 0 Å². The molecule has 0 saturated carbocycles. The number of carbonyl (C=O) groups excluding carboxylic acids is 1. The lowest BCUT2D eigenvalue weighted by Gasteiger charge is -2.21. The van der Waals surface area contributed by atoms with E-state index in [1.807, 2.05) is 30.9 Å². The van der Waals surface area contributed by atoms with Gasteiger partial charge in [0.1, 0.15) is 5.82 Å². The minimum atomic E-state index is -2.95. The molecule has 2 atom stereocenters. The average Bonchev–Trinajstić information content (AvgIpc) is 3.25. The van der Waals surface area contributed by atoms with Crippen molar-refractivity contribution in [1.82, 2.24) is 20.2 Å². The summed E-state index contributed by atoms with van der Waals surface area (Å²) in [4.78, 5) is 23.4. The highest BCUT2D eigenvalue weighted by Gasteiger charge is 2.36. The third-order valence-electron chi connectivity index (χ3n) is 6.43. The molecule has 3 heterocycles. The number of aromatic nitrogens is 2. The fourth-order valence-corrected chi connectivity index (χ4v) is 4.69. The number of halogens is 2. The van der Waals surface area contributed by atoms with Gasteiger partial charge < -0.3 is 20.8 Å². The second-order valence-corrected chi connectivity index (χ2v) is 9.55. The van der Waals surface area contributed by atoms with Gasteiger partial charge in [-0.05, 0) is 37.6 Å². The van der Waals surface area contributed by atoms with Crippen LogP contribution >= 0.6 is 0 Å². The molecule has 1 aliphatic heterocycles. The van der Waals surface area contributed by atoms with E-state index >= 15 is 0 Å². The molecule has 206 valence electrons. The number of nitrogens with one attached hydrogen (secondary N) is 4. The molecule has 1 fully saturated rings. The second-order valence-electron chi connectivity index (χ2n) is 9.55. The lowest BCUT2D eigenvalue weighted by atomic mass is 10.0. The third-order valence-corrected chi connectivity index (χ3v) is 6.43. The monoisotopic (exact) mass is 537 g/mol. The molecule has 0 unspecified atom stereocenters. The first kappa shape index (κ1) is 28.1. The first-order chi connectivity index (χ1) is 18.7. The van der Waals surface area contributed by atoms with E-state index in [0.717, 1.165) is 18.3 Å². The fraction of sp³-hybridized carbons (Fsp3) is 0.357. The SMILES string of the molecule is CCO[C@H]1CN(Cc2ccccc2C(C)(F)F)C[C@@H]1NC(=O)Nc1cc(C=N)c(Nc2ccnc(C)c2)cn1. The molecular formula is C28H33F2N7O2. The maximum atomic E-state index is 14.1. The van der Waals surface area contributed by atoms with Crippen molar-refractivity contribution in [3.8, 4) is 0 Å². The van der Waals surface area contributed by atoms with E-state index < -0.39 is 12.0 Å². The third kappa shape index (κ3) is 7.33. The largest absolute Gasteiger partial charge is 0.375 e. The first-order valence-corrected chi connectivity index (χ1v) is 12.7. The Kier molecular flexibility index (Phi) is 8.82. The van der Waals surface area contributed by atoms with Crippen molar-refractivity contribution in [2.45, 2.75) is 45.4 Å². The summed E-state index contributed by atoms with van der Waals surface area (Å²) in [5.41, 5.74) is 3.36. The Bertz CT molecular complexity index is 1320. The summed E-state index contributed by atoms with van der Waals surface area (Å²) in [7, 11) is 0. The van der Waals surface area contributed by atoms with Gasteiger partial charge >= 0.3 is 6.03 Å². The number of pyridine rings is 2. The van der Waals surface area contributed by atoms with Gasteiger partial charge in [0.2, 0.25) is 0 Å². The van der Waals surface area contributed by atoms with Crippen molar-refractivity contribution in [2.24, 2.45) is 0 Å². The van der Waals surface area contributed by atoms with Gasteiger partial charge in [-0.25, -0.2) is 18.6 Å². The summed E-state index contributed by atoms with van der Waals surface area (Å²) >= 11 is 0. The normalized spacial score (nSPS) is 17.6. The number of hydrogen-bond acceptors (Lipinski definition) is 7. The number of ether oxygens (including phenoxy) is 1. The molecular weight excluding hydrogens is 504 g/mol. The molecule has 0 aliphatic carbocycles. The lowest BCUT2D eigenvalue weighted by Crippen LogP contribution is -2.45. The second kappa shape index (κ2) is 12.3. The van der Waals surface area contributed by atoms with Crippen LogP contribution in [0.1, 0.15) is 36.2 Å². The van der Waals surface area contributed by atoms with Gasteiger partial charge in [-0.2, -0.15) is 0 Å². The summed E-state index contributed by atoms with van der Waals surface area (Å²) < 4.78 is 34.1. The Morgan fingerprint density at radius 3 is 2.74 bits per heavy atom. The number of anilines is 3. The number of rotatable bonds is 10. The lowest BCUT2D eigenvalue weighted by molar-refractivity contribution is 0.0158. The maximum Gasteiger partial charge on any atom is 0.320 e. The Morgan fingerprint density at radius 1 is 1.23 bits per heavy atom. The molecule has 9 nitrogen and oxygen atoms in total. The van der Waals surface area contributed by atoms with Crippen LogP contribution in [0.2, 0.25) is 0 Å². The highest BCUT2D eigenvalue weighted by Crippen LogP contribution is 2.31. The molecule has 4 rings (SSSR count). The van der Waals surface area contributed by atoms with Gasteiger partial charge in [0.05, 0.1) is 24.0 Å². The van der Waals surface area contributed by atoms with Crippen LogP contribution in [-0.2, 0) is 17.2 Å². The number of aryl methyl sites for hydroxylation is 1. The van der Waals surface area contributed by atoms with E-state index in [9.17, 15) is 13.6 Å². The standard InChI is InChI=1S/C28H33F2N7O2/c1-4-39-25-17-37(15-19-7-5-6-8-22(19)28(3,29)30)16-24(25)35-27(38)36-26-12-20(13-31)23(14-33-26)34-21-9-10-32-18(2)11-21/h5-14,24-25,31H,4,15-17H2,1-3H3,(H,32,34)(H2,33,35,36,38)/t24-,25-/m0/s1. The topological polar surface area (TPSA) is 115 Å². The quantitative estimate of drug-likeness (QED) is 0.269. The maximum absolute atomic E-state index is 14.1. The van der Waals surface area contributed by atoms with Crippen LogP contribution in [0.15, 0.2) is 54.9 Å². The minimum absolute atomic E-state index is 0.00260. The van der Waals surface area contributed by atoms with Gasteiger partial charge in [0, 0.05) is 68.1 Å². The Balaban J connectivity index is 1.40. The molecule has 39 heavy (non-hydrogen) atoms. The first-order valence-electron chi connectivity index (χ1n) is 12.7. The van der Waals surface area contributed by atoms with Crippen LogP contribution in [-0.4, -0.2) is 59.0 Å². The van der Waals surface area contributed by atoms with Gasteiger partial charge in [-0.1, -0.05) is 24.3 Å². The Morgan fingerprint density at radius 2 is 2.03 bits per heavy atom. The fourth-order valence-electron chi connectivity index (χ4n) is 4.69. The molecule has 4 N–H and O–H groups in total. The van der Waals surface area contributed by atoms with Crippen molar-refractivity contribution in [2.75, 3.05) is 30.3 Å². The zero-order valence-corrected chi connectivity index (χ0v) is 22.2. The van der Waals surface area contributed by atoms with Gasteiger partial charge in [0.15, 0.2) is 0 Å². The van der Waals surface area contributed by atoms with E-state index in [4.69, 9.17) is 10.1 Å². The van der Waals surface area contributed by atoms with Crippen LogP contribution < -0.4 is 16.0 Å². The van der Waals surface area contributed by atoms with Crippen molar-refractivity contribution < 1.29 is 18.3 Å². The molecule has 1 saturated heterocycles. The van der Waals surface area contributed by atoms with Crippen LogP contribution in [0.4, 0.5) is 30.8 Å². The van der Waals surface area contributed by atoms with Crippen LogP contribution in [0, 0.1) is 12.3 Å². The summed E-state index contributed by atoms with van der Waals surface area (Å²) in [5.74, 6) is -2.66. The molecule has 2 aromatic heterocycles. The molecule has 1 aliphatic rings. The molecule has 0 spiro atoms. The number of carbonyl (C=O) groups is 1.